The lowest BCUT2D eigenvalue weighted by Gasteiger charge is -2.24. The maximum absolute atomic E-state index is 12.5. The molecule has 0 saturated heterocycles. The van der Waals surface area contributed by atoms with Gasteiger partial charge in [-0.3, -0.25) is 4.79 Å². The monoisotopic (exact) mass is 328 g/mol. The number of pyridine rings is 1. The summed E-state index contributed by atoms with van der Waals surface area (Å²) >= 11 is 13.4. The molecule has 2 aromatic rings. The highest BCUT2D eigenvalue weighted by atomic mass is 35.5. The van der Waals surface area contributed by atoms with Crippen LogP contribution >= 0.6 is 34.5 Å². The topological polar surface area (TPSA) is 33.2 Å². The van der Waals surface area contributed by atoms with Gasteiger partial charge in [0.1, 0.15) is 10.3 Å². The molecule has 0 aliphatic rings. The second-order valence-electron chi connectivity index (χ2n) is 4.54. The van der Waals surface area contributed by atoms with E-state index in [1.807, 2.05) is 19.9 Å². The van der Waals surface area contributed by atoms with E-state index in [-0.39, 0.29) is 22.3 Å². The Morgan fingerprint density at radius 2 is 1.90 bits per heavy atom. The predicted octanol–water partition coefficient (Wildman–Crippen LogP) is 4.59. The summed E-state index contributed by atoms with van der Waals surface area (Å²) in [5, 5.41) is 0.433. The first-order valence-corrected chi connectivity index (χ1v) is 7.62. The highest BCUT2D eigenvalue weighted by Crippen LogP contribution is 2.27. The Morgan fingerprint density at radius 1 is 1.30 bits per heavy atom. The lowest BCUT2D eigenvalue weighted by atomic mass is 10.2. The van der Waals surface area contributed by atoms with Crippen molar-refractivity contribution in [2.75, 3.05) is 7.05 Å². The maximum Gasteiger partial charge on any atom is 0.254 e. The van der Waals surface area contributed by atoms with Gasteiger partial charge in [0, 0.05) is 22.4 Å². The number of amides is 1. The van der Waals surface area contributed by atoms with E-state index in [2.05, 4.69) is 11.1 Å². The lowest BCUT2D eigenvalue weighted by Crippen LogP contribution is -2.29. The fourth-order valence-corrected chi connectivity index (χ4v) is 3.27. The highest BCUT2D eigenvalue weighted by Gasteiger charge is 2.20. The molecule has 2 aromatic heterocycles. The standard InChI is InChI=1S/C14H14Cl2N2OS/c1-8-4-5-11(20-8)9(2)18(3)14(19)10-6-12(15)17-13(16)7-10/h4-7,9H,1-3H3. The third-order valence-corrected chi connectivity index (χ3v) is 4.64. The van der Waals surface area contributed by atoms with E-state index in [1.165, 1.54) is 17.0 Å². The van der Waals surface area contributed by atoms with Crippen molar-refractivity contribution in [1.82, 2.24) is 9.88 Å². The Kier molecular flexibility index (Phi) is 4.68. The third kappa shape index (κ3) is 3.32. The SMILES string of the molecule is Cc1ccc(C(C)N(C)C(=O)c2cc(Cl)nc(Cl)c2)s1. The number of halogens is 2. The van der Waals surface area contributed by atoms with E-state index in [1.54, 1.807) is 23.3 Å². The summed E-state index contributed by atoms with van der Waals surface area (Å²) in [7, 11) is 1.77. The van der Waals surface area contributed by atoms with Crippen LogP contribution < -0.4 is 0 Å². The van der Waals surface area contributed by atoms with Crippen molar-refractivity contribution in [3.05, 3.63) is 49.9 Å². The van der Waals surface area contributed by atoms with E-state index >= 15 is 0 Å². The zero-order valence-electron chi connectivity index (χ0n) is 11.4. The van der Waals surface area contributed by atoms with Gasteiger partial charge in [-0.2, -0.15) is 0 Å². The van der Waals surface area contributed by atoms with Gasteiger partial charge in [0.05, 0.1) is 6.04 Å². The molecule has 1 atom stereocenters. The molecular weight excluding hydrogens is 315 g/mol. The van der Waals surface area contributed by atoms with Crippen molar-refractivity contribution in [1.29, 1.82) is 0 Å². The van der Waals surface area contributed by atoms with Crippen LogP contribution in [0.2, 0.25) is 10.3 Å². The number of carbonyl (C=O) groups is 1. The number of carbonyl (C=O) groups excluding carboxylic acids is 1. The van der Waals surface area contributed by atoms with Gasteiger partial charge in [0.15, 0.2) is 0 Å². The van der Waals surface area contributed by atoms with Gasteiger partial charge in [-0.1, -0.05) is 23.2 Å². The van der Waals surface area contributed by atoms with Gasteiger partial charge < -0.3 is 4.90 Å². The molecule has 2 rings (SSSR count). The second-order valence-corrected chi connectivity index (χ2v) is 6.64. The Balaban J connectivity index is 2.23. The Labute approximate surface area is 132 Å². The van der Waals surface area contributed by atoms with Gasteiger partial charge >= 0.3 is 0 Å². The van der Waals surface area contributed by atoms with Gasteiger partial charge in [-0.05, 0) is 38.1 Å². The minimum absolute atomic E-state index is 0.00748. The zero-order chi connectivity index (χ0) is 14.9. The Morgan fingerprint density at radius 3 is 2.40 bits per heavy atom. The molecule has 0 fully saturated rings. The van der Waals surface area contributed by atoms with E-state index in [0.29, 0.717) is 5.56 Å². The number of aromatic nitrogens is 1. The van der Waals surface area contributed by atoms with Crippen LogP contribution in [-0.4, -0.2) is 22.8 Å². The molecule has 0 spiro atoms. The molecule has 0 radical (unpaired) electrons. The summed E-state index contributed by atoms with van der Waals surface area (Å²) in [6, 6.07) is 7.14. The molecule has 0 saturated carbocycles. The zero-order valence-corrected chi connectivity index (χ0v) is 13.7. The summed E-state index contributed by atoms with van der Waals surface area (Å²) in [5.41, 5.74) is 0.442. The summed E-state index contributed by atoms with van der Waals surface area (Å²) < 4.78 is 0. The first-order valence-electron chi connectivity index (χ1n) is 6.05. The van der Waals surface area contributed by atoms with Gasteiger partial charge in [0.2, 0.25) is 0 Å². The average Bonchev–Trinajstić information content (AvgIpc) is 2.81. The molecule has 6 heteroatoms. The molecule has 3 nitrogen and oxygen atoms in total. The summed E-state index contributed by atoms with van der Waals surface area (Å²) in [5.74, 6) is -0.130. The molecule has 106 valence electrons. The number of nitrogens with zero attached hydrogens (tertiary/aromatic N) is 2. The van der Waals surface area contributed by atoms with Crippen molar-refractivity contribution < 1.29 is 4.79 Å². The summed E-state index contributed by atoms with van der Waals surface area (Å²) in [6.45, 7) is 4.04. The van der Waals surface area contributed by atoms with Crippen LogP contribution in [0.5, 0.6) is 0 Å². The van der Waals surface area contributed by atoms with E-state index in [4.69, 9.17) is 23.2 Å². The molecular formula is C14H14Cl2N2OS. The van der Waals surface area contributed by atoms with Gasteiger partial charge in [-0.15, -0.1) is 11.3 Å². The number of hydrogen-bond acceptors (Lipinski definition) is 3. The first kappa shape index (κ1) is 15.3. The van der Waals surface area contributed by atoms with Crippen molar-refractivity contribution in [3.63, 3.8) is 0 Å². The Hall–Kier alpha value is -1.10. The van der Waals surface area contributed by atoms with Gasteiger partial charge in [-0.25, -0.2) is 4.98 Å². The van der Waals surface area contributed by atoms with Crippen molar-refractivity contribution >= 4 is 40.4 Å². The lowest BCUT2D eigenvalue weighted by molar-refractivity contribution is 0.0745. The minimum atomic E-state index is -0.130. The van der Waals surface area contributed by atoms with Crippen molar-refractivity contribution in [2.24, 2.45) is 0 Å². The molecule has 0 N–H and O–H groups in total. The molecule has 0 aliphatic heterocycles. The van der Waals surface area contributed by atoms with Gasteiger partial charge in [0.25, 0.3) is 5.91 Å². The van der Waals surface area contributed by atoms with E-state index < -0.39 is 0 Å². The minimum Gasteiger partial charge on any atom is -0.334 e. The number of rotatable bonds is 3. The number of hydrogen-bond donors (Lipinski definition) is 0. The van der Waals surface area contributed by atoms with Crippen LogP contribution in [0.3, 0.4) is 0 Å². The number of thiophene rings is 1. The highest BCUT2D eigenvalue weighted by molar-refractivity contribution is 7.12. The fourth-order valence-electron chi connectivity index (χ4n) is 1.84. The average molecular weight is 329 g/mol. The molecule has 2 heterocycles. The normalized spacial score (nSPS) is 12.2. The molecule has 1 unspecified atom stereocenters. The van der Waals surface area contributed by atoms with Crippen LogP contribution in [0, 0.1) is 6.92 Å². The maximum atomic E-state index is 12.5. The molecule has 1 amide bonds. The predicted molar refractivity (Wildman–Crippen MR) is 83.8 cm³/mol. The van der Waals surface area contributed by atoms with Crippen LogP contribution in [-0.2, 0) is 0 Å². The summed E-state index contributed by atoms with van der Waals surface area (Å²) in [4.78, 5) is 20.3. The van der Waals surface area contributed by atoms with Crippen LogP contribution in [0.4, 0.5) is 0 Å². The van der Waals surface area contributed by atoms with Crippen LogP contribution in [0.15, 0.2) is 24.3 Å². The largest absolute Gasteiger partial charge is 0.334 e. The molecule has 0 aromatic carbocycles. The van der Waals surface area contributed by atoms with Crippen LogP contribution in [0.25, 0.3) is 0 Å². The van der Waals surface area contributed by atoms with Crippen molar-refractivity contribution in [2.45, 2.75) is 19.9 Å². The molecule has 0 aliphatic carbocycles. The quantitative estimate of drug-likeness (QED) is 0.772. The van der Waals surface area contributed by atoms with E-state index in [9.17, 15) is 4.79 Å². The van der Waals surface area contributed by atoms with Crippen LogP contribution in [0.1, 0.15) is 33.1 Å². The second kappa shape index (κ2) is 6.12. The van der Waals surface area contributed by atoms with E-state index in [0.717, 1.165) is 4.88 Å². The number of aryl methyl sites for hydroxylation is 1. The third-order valence-electron chi connectivity index (χ3n) is 3.08. The smallest absolute Gasteiger partial charge is 0.254 e. The molecule has 0 bridgehead atoms. The fraction of sp³-hybridized carbons (Fsp3) is 0.286. The summed E-state index contributed by atoms with van der Waals surface area (Å²) in [6.07, 6.45) is 0. The first-order chi connectivity index (χ1) is 9.38. The molecule has 20 heavy (non-hydrogen) atoms. The van der Waals surface area contributed by atoms with Crippen molar-refractivity contribution in [3.8, 4) is 0 Å². The Bertz CT molecular complexity index is 622.